The van der Waals surface area contributed by atoms with Gasteiger partial charge in [0.05, 0.1) is 16.5 Å². The van der Waals surface area contributed by atoms with Crippen LogP contribution in [0.25, 0.3) is 0 Å². The van der Waals surface area contributed by atoms with E-state index in [4.69, 9.17) is 14.6 Å². The van der Waals surface area contributed by atoms with Crippen LogP contribution in [-0.2, 0) is 22.4 Å². The van der Waals surface area contributed by atoms with Gasteiger partial charge in [-0.05, 0) is 51.7 Å². The Labute approximate surface area is 171 Å². The van der Waals surface area contributed by atoms with Gasteiger partial charge in [-0.25, -0.2) is 4.79 Å². The summed E-state index contributed by atoms with van der Waals surface area (Å²) in [6.07, 6.45) is 0.517. The van der Waals surface area contributed by atoms with Crippen LogP contribution in [0, 0.1) is 0 Å². The molecule has 0 amide bonds. The smallest absolute Gasteiger partial charge is 0.333 e. The topological polar surface area (TPSA) is 59.0 Å². The Kier molecular flexibility index (Phi) is 5.66. The van der Waals surface area contributed by atoms with E-state index < -0.39 is 12.1 Å². The highest BCUT2D eigenvalue weighted by molar-refractivity contribution is 7.17. The summed E-state index contributed by atoms with van der Waals surface area (Å²) in [6, 6.07) is 12.0. The number of rotatable bonds is 8. The molecule has 0 saturated carbocycles. The van der Waals surface area contributed by atoms with Crippen LogP contribution in [-0.4, -0.2) is 37.4 Å². The third kappa shape index (κ3) is 3.92. The van der Waals surface area contributed by atoms with E-state index in [0.717, 1.165) is 24.3 Å². The SMILES string of the molecule is COC(Cc1ccc(OCCN2c3sccc3Cc3ccsc32)cc1)C(=O)O. The summed E-state index contributed by atoms with van der Waals surface area (Å²) in [5, 5.41) is 16.0. The van der Waals surface area contributed by atoms with E-state index in [1.165, 1.54) is 28.2 Å². The molecule has 0 spiro atoms. The summed E-state index contributed by atoms with van der Waals surface area (Å²) in [5.74, 6) is -0.173. The Hall–Kier alpha value is -2.35. The van der Waals surface area contributed by atoms with Gasteiger partial charge >= 0.3 is 5.97 Å². The van der Waals surface area contributed by atoms with E-state index >= 15 is 0 Å². The molecule has 28 heavy (non-hydrogen) atoms. The van der Waals surface area contributed by atoms with Gasteiger partial charge in [0, 0.05) is 20.0 Å². The molecule has 0 fully saturated rings. The molecule has 0 bridgehead atoms. The van der Waals surface area contributed by atoms with Crippen molar-refractivity contribution in [3.63, 3.8) is 0 Å². The first kappa shape index (κ1) is 19.0. The molecule has 1 atom stereocenters. The van der Waals surface area contributed by atoms with Crippen LogP contribution in [0.3, 0.4) is 0 Å². The zero-order valence-electron chi connectivity index (χ0n) is 15.5. The highest BCUT2D eigenvalue weighted by atomic mass is 32.1. The number of carboxylic acids is 1. The number of hydrogen-bond acceptors (Lipinski definition) is 6. The van der Waals surface area contributed by atoms with Gasteiger partial charge < -0.3 is 19.5 Å². The molecular weight excluding hydrogens is 394 g/mol. The molecule has 5 nitrogen and oxygen atoms in total. The first-order chi connectivity index (χ1) is 13.7. The molecule has 1 unspecified atom stereocenters. The molecular formula is C21H21NO4S2. The van der Waals surface area contributed by atoms with Crippen molar-refractivity contribution in [3.05, 3.63) is 63.8 Å². The maximum atomic E-state index is 11.1. The average molecular weight is 416 g/mol. The molecule has 0 radical (unpaired) electrons. The van der Waals surface area contributed by atoms with Gasteiger partial charge in [0.2, 0.25) is 0 Å². The molecule has 3 heterocycles. The summed E-state index contributed by atoms with van der Waals surface area (Å²) in [4.78, 5) is 13.4. The summed E-state index contributed by atoms with van der Waals surface area (Å²) in [6.45, 7) is 1.36. The molecule has 1 aliphatic heterocycles. The molecule has 1 aliphatic rings. The van der Waals surface area contributed by atoms with Crippen LogP contribution in [0.2, 0.25) is 0 Å². The molecule has 4 rings (SSSR count). The molecule has 7 heteroatoms. The van der Waals surface area contributed by atoms with E-state index in [1.807, 2.05) is 24.3 Å². The fourth-order valence-electron chi connectivity index (χ4n) is 3.36. The number of carbonyl (C=O) groups is 1. The fourth-order valence-corrected chi connectivity index (χ4v) is 5.34. The van der Waals surface area contributed by atoms with Crippen molar-refractivity contribution in [2.75, 3.05) is 25.2 Å². The monoisotopic (exact) mass is 415 g/mol. The van der Waals surface area contributed by atoms with Crippen LogP contribution in [0.15, 0.2) is 47.2 Å². The summed E-state index contributed by atoms with van der Waals surface area (Å²) < 4.78 is 10.9. The zero-order chi connectivity index (χ0) is 19.5. The minimum absolute atomic E-state index is 0.336. The lowest BCUT2D eigenvalue weighted by molar-refractivity contribution is -0.148. The Morgan fingerprint density at radius 3 is 2.32 bits per heavy atom. The number of methoxy groups -OCH3 is 1. The number of anilines is 2. The van der Waals surface area contributed by atoms with E-state index in [1.54, 1.807) is 22.7 Å². The van der Waals surface area contributed by atoms with Crippen LogP contribution in [0.5, 0.6) is 5.75 Å². The van der Waals surface area contributed by atoms with E-state index in [2.05, 4.69) is 27.8 Å². The van der Waals surface area contributed by atoms with Gasteiger partial charge in [0.15, 0.2) is 6.10 Å². The number of ether oxygens (including phenoxy) is 2. The summed E-state index contributed by atoms with van der Waals surface area (Å²) in [5.41, 5.74) is 3.67. The van der Waals surface area contributed by atoms with Gasteiger partial charge in [-0.2, -0.15) is 0 Å². The minimum atomic E-state index is -0.953. The normalized spacial score (nSPS) is 13.7. The molecule has 1 N–H and O–H groups in total. The van der Waals surface area contributed by atoms with Crippen molar-refractivity contribution in [1.29, 1.82) is 0 Å². The lowest BCUT2D eigenvalue weighted by Gasteiger charge is -2.28. The van der Waals surface area contributed by atoms with Crippen molar-refractivity contribution < 1.29 is 19.4 Å². The molecule has 1 aromatic carbocycles. The molecule has 3 aromatic rings. The first-order valence-electron chi connectivity index (χ1n) is 9.03. The second-order valence-corrected chi connectivity index (χ2v) is 8.38. The second kappa shape index (κ2) is 8.34. The lowest BCUT2D eigenvalue weighted by atomic mass is 10.1. The van der Waals surface area contributed by atoms with E-state index in [9.17, 15) is 4.79 Å². The van der Waals surface area contributed by atoms with Crippen molar-refractivity contribution in [2.45, 2.75) is 18.9 Å². The van der Waals surface area contributed by atoms with Crippen molar-refractivity contribution in [3.8, 4) is 5.75 Å². The predicted octanol–water partition coefficient (Wildman–Crippen LogP) is 4.57. The fraction of sp³-hybridized carbons (Fsp3) is 0.286. The van der Waals surface area contributed by atoms with Gasteiger partial charge in [-0.3, -0.25) is 0 Å². The highest BCUT2D eigenvalue weighted by Crippen LogP contribution is 2.44. The average Bonchev–Trinajstić information content (AvgIpc) is 3.35. The van der Waals surface area contributed by atoms with E-state index in [-0.39, 0.29) is 0 Å². The highest BCUT2D eigenvalue weighted by Gasteiger charge is 2.24. The van der Waals surface area contributed by atoms with Crippen molar-refractivity contribution in [1.82, 2.24) is 0 Å². The Morgan fingerprint density at radius 1 is 1.11 bits per heavy atom. The maximum Gasteiger partial charge on any atom is 0.333 e. The molecule has 0 aliphatic carbocycles. The van der Waals surface area contributed by atoms with Crippen LogP contribution in [0.1, 0.15) is 16.7 Å². The number of thiophene rings is 2. The third-order valence-corrected chi connectivity index (χ3v) is 6.76. The van der Waals surface area contributed by atoms with Crippen LogP contribution < -0.4 is 9.64 Å². The third-order valence-electron chi connectivity index (χ3n) is 4.81. The largest absolute Gasteiger partial charge is 0.492 e. The Bertz CT molecular complexity index is 907. The number of hydrogen-bond donors (Lipinski definition) is 1. The van der Waals surface area contributed by atoms with E-state index in [0.29, 0.717) is 13.0 Å². The summed E-state index contributed by atoms with van der Waals surface area (Å²) >= 11 is 3.55. The number of fused-ring (bicyclic) bond motifs is 2. The van der Waals surface area contributed by atoms with Crippen LogP contribution >= 0.6 is 22.7 Å². The lowest BCUT2D eigenvalue weighted by Crippen LogP contribution is -2.26. The molecule has 146 valence electrons. The van der Waals surface area contributed by atoms with Gasteiger partial charge in [0.1, 0.15) is 12.4 Å². The van der Waals surface area contributed by atoms with Gasteiger partial charge in [-0.15, -0.1) is 22.7 Å². The molecule has 2 aromatic heterocycles. The Morgan fingerprint density at radius 2 is 1.75 bits per heavy atom. The number of carboxylic acid groups (broad SMARTS) is 1. The minimum Gasteiger partial charge on any atom is -0.492 e. The molecule has 0 saturated heterocycles. The number of aliphatic carboxylic acids is 1. The van der Waals surface area contributed by atoms with Crippen LogP contribution in [0.4, 0.5) is 10.0 Å². The summed E-state index contributed by atoms with van der Waals surface area (Å²) in [7, 11) is 1.41. The quantitative estimate of drug-likeness (QED) is 0.584. The zero-order valence-corrected chi connectivity index (χ0v) is 17.1. The standard InChI is InChI=1S/C21H21NO4S2/c1-25-18(21(23)24)12-14-2-4-17(5-3-14)26-9-8-22-19-15(6-10-27-19)13-16-7-11-28-20(16)22/h2-7,10-11,18H,8-9,12-13H2,1H3,(H,23,24). The van der Waals surface area contributed by atoms with Gasteiger partial charge in [-0.1, -0.05) is 12.1 Å². The Balaban J connectivity index is 1.36. The van der Waals surface area contributed by atoms with Crippen molar-refractivity contribution in [2.24, 2.45) is 0 Å². The first-order valence-corrected chi connectivity index (χ1v) is 10.8. The van der Waals surface area contributed by atoms with Gasteiger partial charge in [0.25, 0.3) is 0 Å². The number of benzene rings is 1. The maximum absolute atomic E-state index is 11.1. The van der Waals surface area contributed by atoms with Crippen molar-refractivity contribution >= 4 is 38.6 Å². The predicted molar refractivity (Wildman–Crippen MR) is 113 cm³/mol. The number of nitrogens with zero attached hydrogens (tertiary/aromatic N) is 1. The second-order valence-electron chi connectivity index (χ2n) is 6.59.